The molecule has 0 saturated heterocycles. The van der Waals surface area contributed by atoms with Crippen LogP contribution in [0, 0.1) is 5.92 Å². The van der Waals surface area contributed by atoms with E-state index in [1.165, 1.54) is 0 Å². The molecule has 3 nitrogen and oxygen atoms in total. The Morgan fingerprint density at radius 3 is 2.13 bits per heavy atom. The summed E-state index contributed by atoms with van der Waals surface area (Å²) in [5.41, 5.74) is 6.05. The van der Waals surface area contributed by atoms with E-state index in [0.717, 1.165) is 26.1 Å². The second kappa shape index (κ2) is 8.08. The van der Waals surface area contributed by atoms with Crippen molar-refractivity contribution in [2.45, 2.75) is 46.2 Å². The number of hydrogen-bond acceptors (Lipinski definition) is 3. The van der Waals surface area contributed by atoms with Gasteiger partial charge in [-0.1, -0.05) is 13.8 Å². The SMILES string of the molecule is COCCC(N)CN(CC(C)C)C(C)C. The zero-order valence-electron chi connectivity index (χ0n) is 11.0. The molecular formula is C12H28N2O. The maximum atomic E-state index is 6.05. The highest BCUT2D eigenvalue weighted by Crippen LogP contribution is 2.05. The molecule has 0 bridgehead atoms. The Morgan fingerprint density at radius 1 is 1.13 bits per heavy atom. The molecule has 0 aromatic carbocycles. The molecule has 0 fully saturated rings. The third-order valence-corrected chi connectivity index (χ3v) is 2.49. The fourth-order valence-electron chi connectivity index (χ4n) is 1.63. The van der Waals surface area contributed by atoms with Gasteiger partial charge < -0.3 is 10.5 Å². The van der Waals surface area contributed by atoms with Gasteiger partial charge in [0, 0.05) is 38.9 Å². The first-order valence-corrected chi connectivity index (χ1v) is 5.96. The van der Waals surface area contributed by atoms with Gasteiger partial charge >= 0.3 is 0 Å². The Kier molecular flexibility index (Phi) is 8.02. The molecule has 15 heavy (non-hydrogen) atoms. The van der Waals surface area contributed by atoms with Crippen molar-refractivity contribution in [3.05, 3.63) is 0 Å². The lowest BCUT2D eigenvalue weighted by Gasteiger charge is -2.30. The molecule has 0 spiro atoms. The van der Waals surface area contributed by atoms with Gasteiger partial charge in [-0.05, 0) is 26.2 Å². The van der Waals surface area contributed by atoms with Crippen LogP contribution in [-0.4, -0.2) is 43.8 Å². The van der Waals surface area contributed by atoms with Crippen LogP contribution in [0.25, 0.3) is 0 Å². The van der Waals surface area contributed by atoms with Crippen LogP contribution in [0.4, 0.5) is 0 Å². The van der Waals surface area contributed by atoms with Gasteiger partial charge in [-0.15, -0.1) is 0 Å². The van der Waals surface area contributed by atoms with Crippen LogP contribution >= 0.6 is 0 Å². The van der Waals surface area contributed by atoms with Crippen molar-refractivity contribution in [1.82, 2.24) is 4.90 Å². The van der Waals surface area contributed by atoms with Crippen molar-refractivity contribution >= 4 is 0 Å². The molecular weight excluding hydrogens is 188 g/mol. The summed E-state index contributed by atoms with van der Waals surface area (Å²) in [6.07, 6.45) is 0.942. The minimum atomic E-state index is 0.228. The summed E-state index contributed by atoms with van der Waals surface area (Å²) in [4.78, 5) is 2.45. The first kappa shape index (κ1) is 14.9. The molecule has 3 heteroatoms. The number of hydrogen-bond donors (Lipinski definition) is 1. The normalized spacial score (nSPS) is 14.2. The van der Waals surface area contributed by atoms with Crippen molar-refractivity contribution < 1.29 is 4.74 Å². The van der Waals surface area contributed by atoms with Gasteiger partial charge in [-0.25, -0.2) is 0 Å². The maximum Gasteiger partial charge on any atom is 0.0477 e. The Bertz CT molecular complexity index is 149. The predicted molar refractivity (Wildman–Crippen MR) is 66.0 cm³/mol. The minimum absolute atomic E-state index is 0.228. The van der Waals surface area contributed by atoms with Crippen LogP contribution in [-0.2, 0) is 4.74 Å². The molecule has 0 saturated carbocycles. The Labute approximate surface area is 95.0 Å². The number of nitrogens with two attached hydrogens (primary N) is 1. The maximum absolute atomic E-state index is 6.05. The topological polar surface area (TPSA) is 38.5 Å². The van der Waals surface area contributed by atoms with Gasteiger partial charge in [0.05, 0.1) is 0 Å². The lowest BCUT2D eigenvalue weighted by Crippen LogP contribution is -2.43. The van der Waals surface area contributed by atoms with E-state index >= 15 is 0 Å². The monoisotopic (exact) mass is 216 g/mol. The molecule has 0 aliphatic rings. The number of rotatable bonds is 8. The van der Waals surface area contributed by atoms with Crippen LogP contribution in [0.15, 0.2) is 0 Å². The molecule has 0 aliphatic carbocycles. The predicted octanol–water partition coefficient (Wildman–Crippen LogP) is 1.72. The van der Waals surface area contributed by atoms with Gasteiger partial charge in [0.25, 0.3) is 0 Å². The zero-order chi connectivity index (χ0) is 11.8. The highest BCUT2D eigenvalue weighted by molar-refractivity contribution is 4.72. The Balaban J connectivity index is 3.93. The summed E-state index contributed by atoms with van der Waals surface area (Å²) in [5, 5.41) is 0. The number of nitrogens with zero attached hydrogens (tertiary/aromatic N) is 1. The summed E-state index contributed by atoms with van der Waals surface area (Å²) in [7, 11) is 1.72. The largest absolute Gasteiger partial charge is 0.385 e. The molecule has 1 atom stereocenters. The van der Waals surface area contributed by atoms with Gasteiger partial charge in [-0.3, -0.25) is 4.90 Å². The Hall–Kier alpha value is -0.120. The van der Waals surface area contributed by atoms with E-state index < -0.39 is 0 Å². The van der Waals surface area contributed by atoms with Crippen LogP contribution < -0.4 is 5.73 Å². The minimum Gasteiger partial charge on any atom is -0.385 e. The average molecular weight is 216 g/mol. The summed E-state index contributed by atoms with van der Waals surface area (Å²) in [5.74, 6) is 0.696. The summed E-state index contributed by atoms with van der Waals surface area (Å²) in [6, 6.07) is 0.798. The fraction of sp³-hybridized carbons (Fsp3) is 1.00. The third kappa shape index (κ3) is 7.77. The lowest BCUT2D eigenvalue weighted by atomic mass is 10.1. The van der Waals surface area contributed by atoms with Crippen molar-refractivity contribution in [3.63, 3.8) is 0 Å². The first-order chi connectivity index (χ1) is 6.97. The molecule has 2 N–H and O–H groups in total. The molecule has 0 aromatic heterocycles. The Morgan fingerprint density at radius 2 is 1.73 bits per heavy atom. The van der Waals surface area contributed by atoms with Crippen molar-refractivity contribution in [1.29, 1.82) is 0 Å². The van der Waals surface area contributed by atoms with Crippen molar-refractivity contribution in [3.8, 4) is 0 Å². The average Bonchev–Trinajstić information content (AvgIpc) is 2.12. The highest BCUT2D eigenvalue weighted by Gasteiger charge is 2.14. The molecule has 0 aliphatic heterocycles. The van der Waals surface area contributed by atoms with Gasteiger partial charge in [0.2, 0.25) is 0 Å². The fourth-order valence-corrected chi connectivity index (χ4v) is 1.63. The van der Waals surface area contributed by atoms with E-state index in [4.69, 9.17) is 10.5 Å². The number of methoxy groups -OCH3 is 1. The van der Waals surface area contributed by atoms with E-state index in [9.17, 15) is 0 Å². The molecule has 0 aromatic rings. The van der Waals surface area contributed by atoms with Crippen LogP contribution in [0.1, 0.15) is 34.1 Å². The van der Waals surface area contributed by atoms with Crippen molar-refractivity contribution in [2.24, 2.45) is 11.7 Å². The molecule has 0 heterocycles. The van der Waals surface area contributed by atoms with Gasteiger partial charge in [0.15, 0.2) is 0 Å². The molecule has 0 amide bonds. The third-order valence-electron chi connectivity index (χ3n) is 2.49. The standard InChI is InChI=1S/C12H28N2O/c1-10(2)8-14(11(3)4)9-12(13)6-7-15-5/h10-12H,6-9,13H2,1-5H3. The van der Waals surface area contributed by atoms with Gasteiger partial charge in [0.1, 0.15) is 0 Å². The molecule has 1 unspecified atom stereocenters. The molecule has 92 valence electrons. The molecule has 0 radical (unpaired) electrons. The highest BCUT2D eigenvalue weighted by atomic mass is 16.5. The van der Waals surface area contributed by atoms with E-state index in [-0.39, 0.29) is 6.04 Å². The molecule has 0 rings (SSSR count). The van der Waals surface area contributed by atoms with E-state index in [0.29, 0.717) is 12.0 Å². The summed E-state index contributed by atoms with van der Waals surface area (Å²) in [6.45, 7) is 11.8. The van der Waals surface area contributed by atoms with Crippen LogP contribution in [0.5, 0.6) is 0 Å². The van der Waals surface area contributed by atoms with Gasteiger partial charge in [-0.2, -0.15) is 0 Å². The van der Waals surface area contributed by atoms with E-state index in [2.05, 4.69) is 32.6 Å². The summed E-state index contributed by atoms with van der Waals surface area (Å²) < 4.78 is 5.04. The lowest BCUT2D eigenvalue weighted by molar-refractivity contribution is 0.155. The van der Waals surface area contributed by atoms with E-state index in [1.54, 1.807) is 7.11 Å². The second-order valence-corrected chi connectivity index (χ2v) is 4.98. The quantitative estimate of drug-likeness (QED) is 0.671. The van der Waals surface area contributed by atoms with Crippen LogP contribution in [0.3, 0.4) is 0 Å². The second-order valence-electron chi connectivity index (χ2n) is 4.98. The van der Waals surface area contributed by atoms with E-state index in [1.807, 2.05) is 0 Å². The zero-order valence-corrected chi connectivity index (χ0v) is 11.0. The first-order valence-electron chi connectivity index (χ1n) is 5.96. The van der Waals surface area contributed by atoms with Crippen LogP contribution in [0.2, 0.25) is 0 Å². The smallest absolute Gasteiger partial charge is 0.0477 e. The number of ether oxygens (including phenoxy) is 1. The van der Waals surface area contributed by atoms with Crippen molar-refractivity contribution in [2.75, 3.05) is 26.8 Å². The summed E-state index contributed by atoms with van der Waals surface area (Å²) >= 11 is 0.